The number of H-pyrrole nitrogens is 1. The molecule has 3 heterocycles. The van der Waals surface area contributed by atoms with Crippen molar-refractivity contribution in [3.8, 4) is 11.6 Å². The lowest BCUT2D eigenvalue weighted by molar-refractivity contribution is -0.137. The van der Waals surface area contributed by atoms with Gasteiger partial charge in [0.1, 0.15) is 12.0 Å². The Kier molecular flexibility index (Phi) is 6.02. The molecule has 34 heavy (non-hydrogen) atoms. The molecule has 1 aliphatic heterocycles. The number of nitrogens with one attached hydrogen (secondary N) is 1. The number of sulfone groups is 1. The van der Waals surface area contributed by atoms with Crippen LogP contribution in [0.1, 0.15) is 34.2 Å². The lowest BCUT2D eigenvalue weighted by Crippen LogP contribution is -2.37. The Morgan fingerprint density at radius 3 is 2.71 bits per heavy atom. The molecule has 0 spiro atoms. The van der Waals surface area contributed by atoms with Gasteiger partial charge in [-0.2, -0.15) is 13.2 Å². The SMILES string of the molecule is CCS(=O)(=O)c1nc(C(=O)N2CCc3c(ncnc3Oc3ccc(C(F)(F)F)cc3F)C2)c[nH]1. The van der Waals surface area contributed by atoms with E-state index in [1.165, 1.54) is 18.0 Å². The Bertz CT molecular complexity index is 1360. The number of aromatic amines is 1. The third kappa shape index (κ3) is 4.58. The highest BCUT2D eigenvalue weighted by atomic mass is 32.2. The number of hydrogen-bond acceptors (Lipinski definition) is 7. The first-order valence-electron chi connectivity index (χ1n) is 9.94. The van der Waals surface area contributed by atoms with Gasteiger partial charge in [-0.15, -0.1) is 0 Å². The van der Waals surface area contributed by atoms with Gasteiger partial charge in [0.25, 0.3) is 5.91 Å². The lowest BCUT2D eigenvalue weighted by Gasteiger charge is -2.28. The van der Waals surface area contributed by atoms with E-state index in [1.807, 2.05) is 0 Å². The topological polar surface area (TPSA) is 118 Å². The molecule has 180 valence electrons. The summed E-state index contributed by atoms with van der Waals surface area (Å²) in [6, 6.07) is 1.90. The molecule has 0 aliphatic carbocycles. The molecule has 1 amide bonds. The Balaban J connectivity index is 1.53. The normalized spacial score (nSPS) is 14.1. The largest absolute Gasteiger partial charge is 0.436 e. The summed E-state index contributed by atoms with van der Waals surface area (Å²) in [5.74, 6) is -2.37. The van der Waals surface area contributed by atoms with E-state index in [2.05, 4.69) is 19.9 Å². The van der Waals surface area contributed by atoms with Crippen LogP contribution in [0.25, 0.3) is 0 Å². The average molecular weight is 499 g/mol. The van der Waals surface area contributed by atoms with Gasteiger partial charge in [0.15, 0.2) is 11.6 Å². The number of hydrogen-bond donors (Lipinski definition) is 1. The molecule has 0 radical (unpaired) electrons. The van der Waals surface area contributed by atoms with Gasteiger partial charge in [0.2, 0.25) is 20.9 Å². The van der Waals surface area contributed by atoms with Gasteiger partial charge in [-0.25, -0.2) is 27.8 Å². The predicted octanol–water partition coefficient (Wildman–Crippen LogP) is 3.14. The van der Waals surface area contributed by atoms with Crippen molar-refractivity contribution in [1.29, 1.82) is 0 Å². The molecule has 9 nitrogen and oxygen atoms in total. The molecule has 4 rings (SSSR count). The van der Waals surface area contributed by atoms with Crippen molar-refractivity contribution in [2.24, 2.45) is 0 Å². The molecule has 1 aliphatic rings. The summed E-state index contributed by atoms with van der Waals surface area (Å²) < 4.78 is 81.7. The molecule has 14 heteroatoms. The van der Waals surface area contributed by atoms with Gasteiger partial charge < -0.3 is 14.6 Å². The highest BCUT2D eigenvalue weighted by Gasteiger charge is 2.32. The number of carbonyl (C=O) groups is 1. The third-order valence-electron chi connectivity index (χ3n) is 5.17. The van der Waals surface area contributed by atoms with Crippen molar-refractivity contribution < 1.29 is 35.5 Å². The summed E-state index contributed by atoms with van der Waals surface area (Å²) in [4.78, 5) is 28.7. The molecular weight excluding hydrogens is 482 g/mol. The summed E-state index contributed by atoms with van der Waals surface area (Å²) in [5.41, 5.74) is -0.353. The zero-order valence-corrected chi connectivity index (χ0v) is 18.4. The summed E-state index contributed by atoms with van der Waals surface area (Å²) in [6.45, 7) is 1.65. The summed E-state index contributed by atoms with van der Waals surface area (Å²) >= 11 is 0. The fraction of sp³-hybridized carbons (Fsp3) is 0.300. The van der Waals surface area contributed by atoms with E-state index in [0.29, 0.717) is 23.4 Å². The maximum atomic E-state index is 14.2. The Morgan fingerprint density at radius 1 is 1.26 bits per heavy atom. The van der Waals surface area contributed by atoms with E-state index in [4.69, 9.17) is 4.74 Å². The minimum atomic E-state index is -4.70. The van der Waals surface area contributed by atoms with Crippen LogP contribution < -0.4 is 4.74 Å². The molecule has 2 aromatic heterocycles. The first-order valence-corrected chi connectivity index (χ1v) is 11.6. The van der Waals surface area contributed by atoms with Gasteiger partial charge >= 0.3 is 6.18 Å². The fourth-order valence-electron chi connectivity index (χ4n) is 3.32. The molecule has 0 atom stereocenters. The van der Waals surface area contributed by atoms with Crippen molar-refractivity contribution in [2.75, 3.05) is 12.3 Å². The molecule has 1 aromatic carbocycles. The number of carbonyl (C=O) groups excluding carboxylic acids is 1. The Labute approximate surface area is 190 Å². The van der Waals surface area contributed by atoms with Crippen molar-refractivity contribution in [1.82, 2.24) is 24.8 Å². The number of nitrogens with zero attached hydrogens (tertiary/aromatic N) is 4. The van der Waals surface area contributed by atoms with Gasteiger partial charge in [-0.05, 0) is 24.6 Å². The van der Waals surface area contributed by atoms with E-state index < -0.39 is 39.1 Å². The van der Waals surface area contributed by atoms with E-state index in [9.17, 15) is 30.8 Å². The van der Waals surface area contributed by atoms with Crippen LogP contribution in [0.4, 0.5) is 17.6 Å². The second-order valence-electron chi connectivity index (χ2n) is 7.32. The number of aromatic nitrogens is 4. The van der Waals surface area contributed by atoms with E-state index in [-0.39, 0.29) is 42.0 Å². The maximum absolute atomic E-state index is 14.2. The Hall–Kier alpha value is -3.55. The van der Waals surface area contributed by atoms with Gasteiger partial charge in [-0.3, -0.25) is 4.79 Å². The van der Waals surface area contributed by atoms with E-state index in [1.54, 1.807) is 0 Å². The fourth-order valence-corrected chi connectivity index (χ4v) is 4.07. The number of benzene rings is 1. The van der Waals surface area contributed by atoms with Crippen LogP contribution in [0.5, 0.6) is 11.6 Å². The summed E-state index contributed by atoms with van der Waals surface area (Å²) in [7, 11) is -3.61. The van der Waals surface area contributed by atoms with Gasteiger partial charge in [0, 0.05) is 18.3 Å². The monoisotopic (exact) mass is 499 g/mol. The van der Waals surface area contributed by atoms with Gasteiger partial charge in [0.05, 0.1) is 23.6 Å². The van der Waals surface area contributed by atoms with Crippen LogP contribution in [0.2, 0.25) is 0 Å². The quantitative estimate of drug-likeness (QED) is 0.536. The van der Waals surface area contributed by atoms with Crippen molar-refractivity contribution in [3.05, 3.63) is 59.1 Å². The molecule has 1 N–H and O–H groups in total. The second-order valence-corrected chi connectivity index (χ2v) is 9.51. The molecule has 3 aromatic rings. The standard InChI is InChI=1S/C20H17F4N5O4S/c1-2-34(31,32)19-25-8-14(28-19)18(30)29-6-5-12-15(9-29)26-10-27-17(12)33-16-4-3-11(7-13(16)21)20(22,23)24/h3-4,7-8,10H,2,5-6,9H2,1H3,(H,25,28). The lowest BCUT2D eigenvalue weighted by atomic mass is 10.1. The average Bonchev–Trinajstić information content (AvgIpc) is 3.30. The zero-order valence-electron chi connectivity index (χ0n) is 17.6. The number of alkyl halides is 3. The molecular formula is C20H17F4N5O4S. The van der Waals surface area contributed by atoms with Crippen LogP contribution >= 0.6 is 0 Å². The molecule has 0 fully saturated rings. The molecule has 0 saturated carbocycles. The smallest absolute Gasteiger partial charge is 0.416 e. The minimum absolute atomic E-state index is 0.0191. The van der Waals surface area contributed by atoms with Crippen LogP contribution in [-0.2, 0) is 29.0 Å². The highest BCUT2D eigenvalue weighted by Crippen LogP contribution is 2.34. The van der Waals surface area contributed by atoms with Crippen molar-refractivity contribution in [2.45, 2.75) is 31.2 Å². The number of fused-ring (bicyclic) bond motifs is 1. The zero-order chi connectivity index (χ0) is 24.7. The third-order valence-corrected chi connectivity index (χ3v) is 6.73. The number of amides is 1. The summed E-state index contributed by atoms with van der Waals surface area (Å²) in [5, 5.41) is -0.299. The predicted molar refractivity (Wildman–Crippen MR) is 108 cm³/mol. The Morgan fingerprint density at radius 2 is 2.03 bits per heavy atom. The molecule has 0 unspecified atom stereocenters. The number of ether oxygens (including phenoxy) is 1. The summed E-state index contributed by atoms with van der Waals surface area (Å²) in [6.07, 6.45) is -2.14. The first kappa shape index (κ1) is 23.6. The van der Waals surface area contributed by atoms with E-state index >= 15 is 0 Å². The van der Waals surface area contributed by atoms with Gasteiger partial charge in [-0.1, -0.05) is 6.92 Å². The van der Waals surface area contributed by atoms with E-state index in [0.717, 1.165) is 12.4 Å². The first-order chi connectivity index (χ1) is 16.0. The van der Waals surface area contributed by atoms with Crippen LogP contribution in [-0.4, -0.2) is 51.5 Å². The van der Waals surface area contributed by atoms with Crippen LogP contribution in [0.3, 0.4) is 0 Å². The molecule has 0 bridgehead atoms. The number of imidazole rings is 1. The maximum Gasteiger partial charge on any atom is 0.416 e. The van der Waals surface area contributed by atoms with Crippen molar-refractivity contribution in [3.63, 3.8) is 0 Å². The van der Waals surface area contributed by atoms with Crippen LogP contribution in [0.15, 0.2) is 35.9 Å². The highest BCUT2D eigenvalue weighted by molar-refractivity contribution is 7.91. The van der Waals surface area contributed by atoms with Crippen LogP contribution in [0, 0.1) is 5.82 Å². The van der Waals surface area contributed by atoms with Crippen molar-refractivity contribution >= 4 is 15.7 Å². The number of rotatable bonds is 5. The number of halogens is 4. The minimum Gasteiger partial charge on any atom is -0.436 e. The molecule has 0 saturated heterocycles. The second kappa shape index (κ2) is 8.66.